The summed E-state index contributed by atoms with van der Waals surface area (Å²) in [6.07, 6.45) is 8.20. The van der Waals surface area contributed by atoms with Crippen molar-refractivity contribution in [3.63, 3.8) is 0 Å². The number of amides is 2. The summed E-state index contributed by atoms with van der Waals surface area (Å²) in [6.45, 7) is 5.30. The molecule has 1 saturated carbocycles. The largest absolute Gasteiger partial charge is 0.343 e. The number of benzene rings is 1. The average Bonchev–Trinajstić information content (AvgIpc) is 3.48. The maximum atomic E-state index is 13.3. The number of nitrogens with one attached hydrogen (secondary N) is 1. The van der Waals surface area contributed by atoms with Crippen LogP contribution in [-0.4, -0.2) is 55.2 Å². The molecule has 1 unspecified atom stereocenters. The molecule has 34 heavy (non-hydrogen) atoms. The second kappa shape index (κ2) is 12.2. The summed E-state index contributed by atoms with van der Waals surface area (Å²) in [6, 6.07) is 6.64. The summed E-state index contributed by atoms with van der Waals surface area (Å²) in [5.74, 6) is 0.404. The van der Waals surface area contributed by atoms with Crippen molar-refractivity contribution in [1.29, 1.82) is 0 Å². The molecule has 0 radical (unpaired) electrons. The molecule has 1 atom stereocenters. The molecule has 2 aromatic rings. The van der Waals surface area contributed by atoms with Gasteiger partial charge in [-0.2, -0.15) is 0 Å². The second-order valence-electron chi connectivity index (χ2n) is 8.61. The van der Waals surface area contributed by atoms with Crippen LogP contribution in [0, 0.1) is 5.92 Å². The normalized spacial score (nSPS) is 15.3. The summed E-state index contributed by atoms with van der Waals surface area (Å²) >= 11 is 2.79. The highest BCUT2D eigenvalue weighted by Gasteiger charge is 2.27. The zero-order valence-electron chi connectivity index (χ0n) is 20.0. The van der Waals surface area contributed by atoms with Crippen LogP contribution in [0.1, 0.15) is 57.4 Å². The van der Waals surface area contributed by atoms with E-state index < -0.39 is 9.84 Å². The van der Waals surface area contributed by atoms with Crippen molar-refractivity contribution >= 4 is 49.9 Å². The number of thiazole rings is 1. The number of aromatic nitrogens is 1. The van der Waals surface area contributed by atoms with Crippen molar-refractivity contribution in [3.8, 4) is 0 Å². The lowest BCUT2D eigenvalue weighted by Gasteiger charge is -2.20. The molecule has 1 N–H and O–H groups in total. The van der Waals surface area contributed by atoms with Crippen LogP contribution in [-0.2, 0) is 19.4 Å². The number of nitrogens with zero attached hydrogens (tertiary/aromatic N) is 2. The number of thioether (sulfide) groups is 1. The Balaban J connectivity index is 1.69. The molecule has 0 bridgehead atoms. The quantitative estimate of drug-likeness (QED) is 0.425. The van der Waals surface area contributed by atoms with Gasteiger partial charge in [0.15, 0.2) is 15.0 Å². The lowest BCUT2D eigenvalue weighted by molar-refractivity contribution is -0.128. The molecule has 0 aliphatic heterocycles. The fourth-order valence-corrected chi connectivity index (χ4v) is 6.71. The van der Waals surface area contributed by atoms with Crippen molar-refractivity contribution in [2.75, 3.05) is 30.4 Å². The Morgan fingerprint density at radius 3 is 2.41 bits per heavy atom. The Hall–Kier alpha value is -1.91. The number of sulfone groups is 1. The van der Waals surface area contributed by atoms with Crippen LogP contribution < -0.4 is 5.32 Å². The minimum absolute atomic E-state index is 0.0863. The highest BCUT2D eigenvalue weighted by molar-refractivity contribution is 8.01. The minimum atomic E-state index is -3.29. The maximum absolute atomic E-state index is 13.3. The summed E-state index contributed by atoms with van der Waals surface area (Å²) in [5, 5.41) is 3.46. The smallest absolute Gasteiger partial charge is 0.233 e. The molecule has 0 spiro atoms. The SMILES string of the molecule is CCN(CC)C(=O)CSc1cnc(NC(=O)C(CC2CCCC2)c2ccc(S(C)(=O)=O)cc2)s1. The highest BCUT2D eigenvalue weighted by atomic mass is 32.2. The lowest BCUT2D eigenvalue weighted by Crippen LogP contribution is -2.31. The predicted molar refractivity (Wildman–Crippen MR) is 138 cm³/mol. The van der Waals surface area contributed by atoms with Gasteiger partial charge >= 0.3 is 0 Å². The van der Waals surface area contributed by atoms with Crippen molar-refractivity contribution in [2.24, 2.45) is 5.92 Å². The van der Waals surface area contributed by atoms with E-state index >= 15 is 0 Å². The molecular formula is C24H33N3O4S3. The van der Waals surface area contributed by atoms with E-state index in [9.17, 15) is 18.0 Å². The first-order valence-electron chi connectivity index (χ1n) is 11.7. The Labute approximate surface area is 210 Å². The molecule has 1 aromatic heterocycles. The zero-order chi connectivity index (χ0) is 24.7. The van der Waals surface area contributed by atoms with Gasteiger partial charge in [0.2, 0.25) is 11.8 Å². The van der Waals surface area contributed by atoms with Gasteiger partial charge in [0, 0.05) is 19.3 Å². The third-order valence-electron chi connectivity index (χ3n) is 6.24. The van der Waals surface area contributed by atoms with Gasteiger partial charge in [-0.3, -0.25) is 9.59 Å². The molecule has 7 nitrogen and oxygen atoms in total. The fraction of sp³-hybridized carbons (Fsp3) is 0.542. The highest BCUT2D eigenvalue weighted by Crippen LogP contribution is 2.36. The summed E-state index contributed by atoms with van der Waals surface area (Å²) in [5.41, 5.74) is 0.813. The second-order valence-corrected chi connectivity index (χ2v) is 12.9. The molecule has 1 aromatic carbocycles. The van der Waals surface area contributed by atoms with E-state index in [1.807, 2.05) is 13.8 Å². The average molecular weight is 524 g/mol. The Bertz CT molecular complexity index is 1070. The van der Waals surface area contributed by atoms with Gasteiger partial charge in [-0.05, 0) is 43.9 Å². The van der Waals surface area contributed by atoms with Gasteiger partial charge in [-0.1, -0.05) is 49.2 Å². The lowest BCUT2D eigenvalue weighted by atomic mass is 9.87. The number of rotatable bonds is 11. The Morgan fingerprint density at radius 2 is 1.82 bits per heavy atom. The number of hydrogen-bond donors (Lipinski definition) is 1. The molecule has 186 valence electrons. The molecule has 0 saturated heterocycles. The molecular weight excluding hydrogens is 490 g/mol. The van der Waals surface area contributed by atoms with E-state index in [0.29, 0.717) is 29.9 Å². The third-order valence-corrected chi connectivity index (χ3v) is 9.46. The summed E-state index contributed by atoms with van der Waals surface area (Å²) in [4.78, 5) is 31.9. The summed E-state index contributed by atoms with van der Waals surface area (Å²) in [7, 11) is -3.29. The van der Waals surface area contributed by atoms with Gasteiger partial charge in [-0.25, -0.2) is 13.4 Å². The van der Waals surface area contributed by atoms with Gasteiger partial charge in [0.1, 0.15) is 0 Å². The van der Waals surface area contributed by atoms with Crippen LogP contribution >= 0.6 is 23.1 Å². The number of carbonyl (C=O) groups is 2. The van der Waals surface area contributed by atoms with Gasteiger partial charge < -0.3 is 10.2 Å². The molecule has 1 fully saturated rings. The fourth-order valence-electron chi connectivity index (χ4n) is 4.30. The van der Waals surface area contributed by atoms with Gasteiger partial charge in [0.05, 0.1) is 27.0 Å². The number of carbonyl (C=O) groups excluding carboxylic acids is 2. The van der Waals surface area contributed by atoms with E-state index in [1.54, 1.807) is 35.4 Å². The number of anilines is 1. The number of hydrogen-bond acceptors (Lipinski definition) is 7. The van der Waals surface area contributed by atoms with Crippen LogP contribution in [0.4, 0.5) is 5.13 Å². The monoisotopic (exact) mass is 523 g/mol. The molecule has 1 aliphatic carbocycles. The minimum Gasteiger partial charge on any atom is -0.343 e. The first-order chi connectivity index (χ1) is 16.2. The van der Waals surface area contributed by atoms with Crippen molar-refractivity contribution in [2.45, 2.75) is 61.0 Å². The van der Waals surface area contributed by atoms with Crippen LogP contribution in [0.5, 0.6) is 0 Å². The first kappa shape index (κ1) is 26.7. The van der Waals surface area contributed by atoms with E-state index in [1.165, 1.54) is 42.2 Å². The van der Waals surface area contributed by atoms with Crippen molar-refractivity contribution in [1.82, 2.24) is 9.88 Å². The summed E-state index contributed by atoms with van der Waals surface area (Å²) < 4.78 is 24.5. The Kier molecular flexibility index (Phi) is 9.56. The van der Waals surface area contributed by atoms with Gasteiger partial charge in [0.25, 0.3) is 0 Å². The van der Waals surface area contributed by atoms with Gasteiger partial charge in [-0.15, -0.1) is 11.8 Å². The molecule has 3 rings (SSSR count). The van der Waals surface area contributed by atoms with E-state index in [4.69, 9.17) is 0 Å². The van der Waals surface area contributed by atoms with Crippen LogP contribution in [0.15, 0.2) is 39.6 Å². The molecule has 2 amide bonds. The van der Waals surface area contributed by atoms with Crippen molar-refractivity contribution < 1.29 is 18.0 Å². The van der Waals surface area contributed by atoms with Crippen LogP contribution in [0.2, 0.25) is 0 Å². The topological polar surface area (TPSA) is 96.4 Å². The van der Waals surface area contributed by atoms with Crippen LogP contribution in [0.25, 0.3) is 0 Å². The molecule has 1 heterocycles. The first-order valence-corrected chi connectivity index (χ1v) is 15.4. The standard InChI is InChI=1S/C24H33N3O4S3/c1-4-27(5-2)21(28)16-32-22-15-25-24(33-22)26-23(29)20(14-17-8-6-7-9-17)18-10-12-19(13-11-18)34(3,30)31/h10-13,15,17,20H,4-9,14,16H2,1-3H3,(H,25,26,29). The molecule has 1 aliphatic rings. The van der Waals surface area contributed by atoms with Crippen LogP contribution in [0.3, 0.4) is 0 Å². The van der Waals surface area contributed by atoms with E-state index in [-0.39, 0.29) is 22.6 Å². The molecule has 10 heteroatoms. The maximum Gasteiger partial charge on any atom is 0.233 e. The van der Waals surface area contributed by atoms with E-state index in [2.05, 4.69) is 10.3 Å². The zero-order valence-corrected chi connectivity index (χ0v) is 22.4. The third kappa shape index (κ3) is 7.29. The Morgan fingerprint density at radius 1 is 1.18 bits per heavy atom. The van der Waals surface area contributed by atoms with Crippen molar-refractivity contribution in [3.05, 3.63) is 36.0 Å². The predicted octanol–water partition coefficient (Wildman–Crippen LogP) is 4.81. The van der Waals surface area contributed by atoms with E-state index in [0.717, 1.165) is 29.0 Å².